The number of rotatable bonds is 9. The van der Waals surface area contributed by atoms with Gasteiger partial charge in [-0.15, -0.1) is 0 Å². The molecule has 0 unspecified atom stereocenters. The van der Waals surface area contributed by atoms with Crippen molar-refractivity contribution in [2.75, 3.05) is 0 Å². The molecule has 0 radical (unpaired) electrons. The van der Waals surface area contributed by atoms with Crippen molar-refractivity contribution in [3.63, 3.8) is 0 Å². The van der Waals surface area contributed by atoms with Gasteiger partial charge in [0, 0.05) is 5.57 Å². The van der Waals surface area contributed by atoms with Gasteiger partial charge in [-0.25, -0.2) is 4.79 Å². The third kappa shape index (κ3) is 12.6. The predicted molar refractivity (Wildman–Crippen MR) is 74.1 cm³/mol. The van der Waals surface area contributed by atoms with Crippen LogP contribution in [0.15, 0.2) is 12.2 Å². The fourth-order valence-corrected chi connectivity index (χ4v) is 1.06. The molecule has 0 saturated carbocycles. The molecule has 10 nitrogen and oxygen atoms in total. The smallest absolute Gasteiger partial charge is 0.331 e. The van der Waals surface area contributed by atoms with Gasteiger partial charge in [-0.05, 0) is 19.3 Å². The molecular formula is C12H20N2O8. The van der Waals surface area contributed by atoms with Crippen LogP contribution >= 0.6 is 0 Å². The maximum atomic E-state index is 10.2. The predicted octanol–water partition coefficient (Wildman–Crippen LogP) is -0.918. The molecule has 0 aromatic carbocycles. The van der Waals surface area contributed by atoms with Crippen LogP contribution in [-0.2, 0) is 19.2 Å². The molecule has 0 saturated heterocycles. The molecule has 0 aliphatic carbocycles. The van der Waals surface area contributed by atoms with Crippen molar-refractivity contribution in [2.24, 2.45) is 11.5 Å². The van der Waals surface area contributed by atoms with Crippen LogP contribution in [0.25, 0.3) is 0 Å². The maximum Gasteiger partial charge on any atom is 0.331 e. The van der Waals surface area contributed by atoms with E-state index < -0.39 is 42.4 Å². The lowest BCUT2D eigenvalue weighted by Gasteiger charge is -2.07. The van der Waals surface area contributed by atoms with Gasteiger partial charge in [0.05, 0.1) is 6.42 Å². The number of nitrogens with two attached hydrogens (primary N) is 2. The van der Waals surface area contributed by atoms with Crippen molar-refractivity contribution in [3.05, 3.63) is 12.2 Å². The summed E-state index contributed by atoms with van der Waals surface area (Å²) in [5.74, 6) is -4.60. The van der Waals surface area contributed by atoms with Gasteiger partial charge < -0.3 is 31.9 Å². The lowest BCUT2D eigenvalue weighted by molar-refractivity contribution is -0.139. The van der Waals surface area contributed by atoms with Gasteiger partial charge in [-0.1, -0.05) is 6.58 Å². The quantitative estimate of drug-likeness (QED) is 0.288. The number of hydrogen-bond donors (Lipinski definition) is 6. The Morgan fingerprint density at radius 2 is 1.23 bits per heavy atom. The summed E-state index contributed by atoms with van der Waals surface area (Å²) >= 11 is 0. The highest BCUT2D eigenvalue weighted by Crippen LogP contribution is 2.02. The molecule has 0 aliphatic rings. The number of carbonyl (C=O) groups is 4. The number of aliphatic carboxylic acids is 4. The van der Waals surface area contributed by atoms with Crippen LogP contribution in [0.5, 0.6) is 0 Å². The van der Waals surface area contributed by atoms with Crippen molar-refractivity contribution in [3.8, 4) is 0 Å². The summed E-state index contributed by atoms with van der Waals surface area (Å²) in [5.41, 5.74) is 10.1. The first-order valence-electron chi connectivity index (χ1n) is 6.08. The van der Waals surface area contributed by atoms with Crippen LogP contribution in [-0.4, -0.2) is 56.4 Å². The van der Waals surface area contributed by atoms with E-state index in [-0.39, 0.29) is 18.4 Å². The van der Waals surface area contributed by atoms with Crippen LogP contribution < -0.4 is 11.5 Å². The summed E-state index contributed by atoms with van der Waals surface area (Å²) in [5, 5.41) is 32.8. The molecule has 0 bridgehead atoms. The van der Waals surface area contributed by atoms with Crippen LogP contribution in [0, 0.1) is 0 Å². The van der Waals surface area contributed by atoms with E-state index in [9.17, 15) is 19.2 Å². The van der Waals surface area contributed by atoms with E-state index in [1.54, 1.807) is 0 Å². The Labute approximate surface area is 126 Å². The molecule has 0 amide bonds. The van der Waals surface area contributed by atoms with Crippen molar-refractivity contribution in [1.29, 1.82) is 0 Å². The van der Waals surface area contributed by atoms with Crippen molar-refractivity contribution in [2.45, 2.75) is 37.8 Å². The lowest BCUT2D eigenvalue weighted by Crippen LogP contribution is -2.33. The van der Waals surface area contributed by atoms with Gasteiger partial charge in [0.25, 0.3) is 0 Å². The average molecular weight is 320 g/mol. The summed E-state index contributed by atoms with van der Waals surface area (Å²) in [6.07, 6.45) is 0.392. The molecule has 0 aliphatic heterocycles. The summed E-state index contributed by atoms with van der Waals surface area (Å²) in [7, 11) is 0. The number of carboxylic acids is 4. The molecule has 0 rings (SSSR count). The molecule has 22 heavy (non-hydrogen) atoms. The fraction of sp³-hybridized carbons (Fsp3) is 0.500. The Bertz CT molecular complexity index is 415. The van der Waals surface area contributed by atoms with Gasteiger partial charge in [-0.3, -0.25) is 14.4 Å². The van der Waals surface area contributed by atoms with E-state index in [1.165, 1.54) is 0 Å². The Morgan fingerprint density at radius 1 is 0.864 bits per heavy atom. The van der Waals surface area contributed by atoms with Crippen LogP contribution in [0.2, 0.25) is 0 Å². The number of carboxylic acid groups (broad SMARTS) is 4. The molecule has 0 spiro atoms. The minimum atomic E-state index is -1.27. The third-order valence-electron chi connectivity index (χ3n) is 2.33. The molecule has 2 atom stereocenters. The summed E-state index contributed by atoms with van der Waals surface area (Å²) in [4.78, 5) is 40.1. The van der Waals surface area contributed by atoms with E-state index in [1.807, 2.05) is 0 Å². The Morgan fingerprint density at radius 3 is 1.41 bits per heavy atom. The lowest BCUT2D eigenvalue weighted by atomic mass is 10.1. The second-order valence-corrected chi connectivity index (χ2v) is 4.30. The molecular weight excluding hydrogens is 300 g/mol. The van der Waals surface area contributed by atoms with Crippen LogP contribution in [0.3, 0.4) is 0 Å². The van der Waals surface area contributed by atoms with Crippen LogP contribution in [0.1, 0.15) is 25.7 Å². The highest BCUT2D eigenvalue weighted by molar-refractivity contribution is 5.91. The fourth-order valence-electron chi connectivity index (χ4n) is 1.06. The highest BCUT2D eigenvalue weighted by atomic mass is 16.4. The average Bonchev–Trinajstić information content (AvgIpc) is 2.37. The van der Waals surface area contributed by atoms with Crippen molar-refractivity contribution in [1.82, 2.24) is 0 Å². The number of hydrogen-bond acceptors (Lipinski definition) is 6. The largest absolute Gasteiger partial charge is 0.481 e. The van der Waals surface area contributed by atoms with Gasteiger partial charge in [0.1, 0.15) is 12.1 Å². The summed E-state index contributed by atoms with van der Waals surface area (Å²) < 4.78 is 0. The molecule has 0 heterocycles. The zero-order valence-electron chi connectivity index (χ0n) is 11.8. The monoisotopic (exact) mass is 320 g/mol. The molecule has 0 fully saturated rings. The van der Waals surface area contributed by atoms with Crippen LogP contribution in [0.4, 0.5) is 0 Å². The Kier molecular flexibility index (Phi) is 11.1. The first-order valence-corrected chi connectivity index (χ1v) is 6.08. The van der Waals surface area contributed by atoms with E-state index in [2.05, 4.69) is 6.58 Å². The second kappa shape index (κ2) is 11.2. The van der Waals surface area contributed by atoms with Gasteiger partial charge >= 0.3 is 23.9 Å². The first-order chi connectivity index (χ1) is 9.98. The topological polar surface area (TPSA) is 201 Å². The van der Waals surface area contributed by atoms with E-state index in [0.717, 1.165) is 0 Å². The van der Waals surface area contributed by atoms with E-state index in [4.69, 9.17) is 31.9 Å². The summed E-state index contributed by atoms with van der Waals surface area (Å²) in [6.45, 7) is 3.01. The minimum absolute atomic E-state index is 0.246. The minimum Gasteiger partial charge on any atom is -0.481 e. The second-order valence-electron chi connectivity index (χ2n) is 4.30. The zero-order chi connectivity index (χ0) is 17.9. The van der Waals surface area contributed by atoms with Crippen molar-refractivity contribution < 1.29 is 39.6 Å². The molecule has 0 aromatic heterocycles. The molecule has 8 N–H and O–H groups in total. The Balaban J connectivity index is 0. The highest BCUT2D eigenvalue weighted by Gasteiger charge is 2.14. The third-order valence-corrected chi connectivity index (χ3v) is 2.33. The van der Waals surface area contributed by atoms with E-state index in [0.29, 0.717) is 6.42 Å². The molecule has 0 aromatic rings. The van der Waals surface area contributed by atoms with Gasteiger partial charge in [0.2, 0.25) is 0 Å². The molecule has 126 valence electrons. The van der Waals surface area contributed by atoms with Gasteiger partial charge in [0.15, 0.2) is 0 Å². The summed E-state index contributed by atoms with van der Waals surface area (Å²) in [6, 6.07) is -1.86. The SMILES string of the molecule is C=C(CC(=O)O)C(=O)O.N[C@H](CCC[C@H](N)C(=O)O)C(=O)O. The molecule has 10 heteroatoms. The zero-order valence-corrected chi connectivity index (χ0v) is 11.8. The standard InChI is InChI=1S/C7H14N2O4.C5H6O4/c8-4(6(10)11)2-1-3-5(9)7(12)13;1-3(5(8)9)2-4(6)7/h4-5H,1-3,8-9H2,(H,10,11)(H,12,13);1-2H2,(H,6,7)(H,8,9)/t4-,5+;. The Hall–Kier alpha value is -2.46. The van der Waals surface area contributed by atoms with Gasteiger partial charge in [-0.2, -0.15) is 0 Å². The normalized spacial score (nSPS) is 12.3. The maximum absolute atomic E-state index is 10.2. The van der Waals surface area contributed by atoms with E-state index >= 15 is 0 Å². The first kappa shape index (κ1) is 21.8. The van der Waals surface area contributed by atoms with Crippen molar-refractivity contribution >= 4 is 23.9 Å².